The molecule has 124 valence electrons. The molecule has 2 heterocycles. The molecule has 0 unspecified atom stereocenters. The fourth-order valence-electron chi connectivity index (χ4n) is 2.47. The van der Waals surface area contributed by atoms with E-state index < -0.39 is 5.82 Å². The number of benzene rings is 1. The molecular formula is C16H13ClFN3O2S. The van der Waals surface area contributed by atoms with Crippen LogP contribution in [0.15, 0.2) is 29.1 Å². The first kappa shape index (κ1) is 16.6. The lowest BCUT2D eigenvalue weighted by molar-refractivity contribution is 0.0956. The minimum atomic E-state index is -0.519. The molecular weight excluding hydrogens is 353 g/mol. The first-order valence-electron chi connectivity index (χ1n) is 7.09. The van der Waals surface area contributed by atoms with Gasteiger partial charge in [-0.2, -0.15) is 0 Å². The van der Waals surface area contributed by atoms with Gasteiger partial charge < -0.3 is 5.32 Å². The second kappa shape index (κ2) is 6.33. The summed E-state index contributed by atoms with van der Waals surface area (Å²) in [7, 11) is 1.50. The van der Waals surface area contributed by atoms with E-state index in [9.17, 15) is 14.0 Å². The first-order valence-corrected chi connectivity index (χ1v) is 8.29. The van der Waals surface area contributed by atoms with Crippen LogP contribution < -0.4 is 10.9 Å². The van der Waals surface area contributed by atoms with E-state index in [1.54, 1.807) is 19.1 Å². The molecule has 0 fully saturated rings. The lowest BCUT2D eigenvalue weighted by atomic mass is 10.1. The van der Waals surface area contributed by atoms with E-state index in [0.717, 1.165) is 0 Å². The summed E-state index contributed by atoms with van der Waals surface area (Å²) in [5.74, 6) is -0.870. The van der Waals surface area contributed by atoms with Crippen molar-refractivity contribution in [3.8, 4) is 0 Å². The standard InChI is InChI=1S/C16H13ClFN3O2S/c1-8-14(15(23)19-2)21-12(22)7-10(20-16(21)24-8)6-9-4-3-5-11(17)13(9)18/h3-5,7H,6H2,1-2H3,(H,19,23). The van der Waals surface area contributed by atoms with E-state index in [-0.39, 0.29) is 28.6 Å². The summed E-state index contributed by atoms with van der Waals surface area (Å²) in [5, 5.41) is 2.54. The van der Waals surface area contributed by atoms with Crippen molar-refractivity contribution in [2.45, 2.75) is 13.3 Å². The largest absolute Gasteiger partial charge is 0.354 e. The quantitative estimate of drug-likeness (QED) is 0.776. The van der Waals surface area contributed by atoms with E-state index in [1.165, 1.54) is 34.9 Å². The Hall–Kier alpha value is -2.25. The number of nitrogens with one attached hydrogen (secondary N) is 1. The first-order chi connectivity index (χ1) is 11.4. The van der Waals surface area contributed by atoms with E-state index in [4.69, 9.17) is 11.6 Å². The van der Waals surface area contributed by atoms with Crippen LogP contribution in [0.1, 0.15) is 26.6 Å². The molecule has 2 aromatic heterocycles. The zero-order valence-corrected chi connectivity index (χ0v) is 14.5. The Morgan fingerprint density at radius 2 is 2.21 bits per heavy atom. The zero-order chi connectivity index (χ0) is 17.4. The van der Waals surface area contributed by atoms with Crippen LogP contribution in [0.5, 0.6) is 0 Å². The van der Waals surface area contributed by atoms with Crippen LogP contribution >= 0.6 is 22.9 Å². The summed E-state index contributed by atoms with van der Waals surface area (Å²) in [6, 6.07) is 6.02. The molecule has 1 N–H and O–H groups in total. The molecule has 0 spiro atoms. The number of rotatable bonds is 3. The van der Waals surface area contributed by atoms with Gasteiger partial charge in [-0.3, -0.25) is 9.59 Å². The Balaban J connectivity index is 2.11. The minimum Gasteiger partial charge on any atom is -0.354 e. The third-order valence-corrected chi connectivity index (χ3v) is 4.84. The van der Waals surface area contributed by atoms with Gasteiger partial charge in [0, 0.05) is 24.4 Å². The third-order valence-electron chi connectivity index (χ3n) is 3.59. The summed E-state index contributed by atoms with van der Waals surface area (Å²) in [5.41, 5.74) is 0.681. The van der Waals surface area contributed by atoms with Crippen molar-refractivity contribution in [2.24, 2.45) is 0 Å². The van der Waals surface area contributed by atoms with Gasteiger partial charge in [-0.05, 0) is 18.6 Å². The Kier molecular flexibility index (Phi) is 4.38. The maximum Gasteiger partial charge on any atom is 0.269 e. The second-order valence-electron chi connectivity index (χ2n) is 5.18. The van der Waals surface area contributed by atoms with Crippen LogP contribution in [0, 0.1) is 12.7 Å². The van der Waals surface area contributed by atoms with Gasteiger partial charge in [-0.1, -0.05) is 23.7 Å². The van der Waals surface area contributed by atoms with Crippen LogP contribution in [0.3, 0.4) is 0 Å². The summed E-state index contributed by atoms with van der Waals surface area (Å²) >= 11 is 7.02. The number of aromatic nitrogens is 2. The predicted molar refractivity (Wildman–Crippen MR) is 91.7 cm³/mol. The van der Waals surface area contributed by atoms with Crippen LogP contribution in [-0.2, 0) is 6.42 Å². The van der Waals surface area contributed by atoms with Crippen molar-refractivity contribution < 1.29 is 9.18 Å². The fraction of sp³-hybridized carbons (Fsp3) is 0.188. The van der Waals surface area contributed by atoms with Gasteiger partial charge in [0.2, 0.25) is 0 Å². The molecule has 0 saturated carbocycles. The highest BCUT2D eigenvalue weighted by Crippen LogP contribution is 2.22. The van der Waals surface area contributed by atoms with Gasteiger partial charge in [0.25, 0.3) is 11.5 Å². The average molecular weight is 366 g/mol. The molecule has 8 heteroatoms. The summed E-state index contributed by atoms with van der Waals surface area (Å²) in [6.07, 6.45) is 0.143. The molecule has 0 bridgehead atoms. The average Bonchev–Trinajstić information content (AvgIpc) is 2.87. The van der Waals surface area contributed by atoms with Crippen molar-refractivity contribution >= 4 is 33.8 Å². The Morgan fingerprint density at radius 1 is 1.46 bits per heavy atom. The summed E-state index contributed by atoms with van der Waals surface area (Å²) in [4.78, 5) is 29.9. The van der Waals surface area contributed by atoms with Gasteiger partial charge in [0.05, 0.1) is 10.7 Å². The molecule has 5 nitrogen and oxygen atoms in total. The number of carbonyl (C=O) groups is 1. The number of amides is 1. The molecule has 0 aliphatic carbocycles. The van der Waals surface area contributed by atoms with Gasteiger partial charge in [-0.25, -0.2) is 13.8 Å². The minimum absolute atomic E-state index is 0.0270. The van der Waals surface area contributed by atoms with Crippen molar-refractivity contribution in [1.29, 1.82) is 0 Å². The summed E-state index contributed by atoms with van der Waals surface area (Å²) in [6.45, 7) is 1.75. The Morgan fingerprint density at radius 3 is 2.92 bits per heavy atom. The number of carbonyl (C=O) groups excluding carboxylic acids is 1. The number of aryl methyl sites for hydroxylation is 1. The van der Waals surface area contributed by atoms with E-state index in [0.29, 0.717) is 21.1 Å². The highest BCUT2D eigenvalue weighted by molar-refractivity contribution is 7.17. The summed E-state index contributed by atoms with van der Waals surface area (Å²) < 4.78 is 15.3. The van der Waals surface area contributed by atoms with Crippen molar-refractivity contribution in [3.05, 3.63) is 67.3 Å². The van der Waals surface area contributed by atoms with Crippen LogP contribution in [0.4, 0.5) is 4.39 Å². The third kappa shape index (κ3) is 2.81. The zero-order valence-electron chi connectivity index (χ0n) is 12.9. The van der Waals surface area contributed by atoms with Gasteiger partial charge >= 0.3 is 0 Å². The van der Waals surface area contributed by atoms with Crippen LogP contribution in [0.25, 0.3) is 4.96 Å². The normalized spacial score (nSPS) is 11.0. The number of fused-ring (bicyclic) bond motifs is 1. The lowest BCUT2D eigenvalue weighted by Crippen LogP contribution is -2.25. The highest BCUT2D eigenvalue weighted by atomic mass is 35.5. The lowest BCUT2D eigenvalue weighted by Gasteiger charge is -2.05. The fourth-order valence-corrected chi connectivity index (χ4v) is 3.66. The number of hydrogen-bond acceptors (Lipinski definition) is 4. The van der Waals surface area contributed by atoms with Gasteiger partial charge in [-0.15, -0.1) is 11.3 Å². The number of thiazole rings is 1. The van der Waals surface area contributed by atoms with E-state index >= 15 is 0 Å². The molecule has 3 aromatic rings. The van der Waals surface area contributed by atoms with E-state index in [2.05, 4.69) is 10.3 Å². The van der Waals surface area contributed by atoms with Crippen molar-refractivity contribution in [3.63, 3.8) is 0 Å². The predicted octanol–water partition coefficient (Wildman–Crippen LogP) is 2.81. The van der Waals surface area contributed by atoms with E-state index in [1.807, 2.05) is 0 Å². The molecule has 0 radical (unpaired) electrons. The Labute approximate surface area is 145 Å². The molecule has 0 atom stereocenters. The number of hydrogen-bond donors (Lipinski definition) is 1. The number of nitrogens with zero attached hydrogens (tertiary/aromatic N) is 2. The molecule has 0 aliphatic heterocycles. The Bertz CT molecular complexity index is 1010. The monoisotopic (exact) mass is 365 g/mol. The van der Waals surface area contributed by atoms with Crippen LogP contribution in [-0.4, -0.2) is 22.3 Å². The maximum absolute atomic E-state index is 14.0. The molecule has 0 aliphatic rings. The second-order valence-corrected chi connectivity index (χ2v) is 6.77. The smallest absolute Gasteiger partial charge is 0.269 e. The molecule has 24 heavy (non-hydrogen) atoms. The van der Waals surface area contributed by atoms with Crippen molar-refractivity contribution in [1.82, 2.24) is 14.7 Å². The van der Waals surface area contributed by atoms with Gasteiger partial charge in [0.1, 0.15) is 11.5 Å². The molecule has 3 rings (SSSR count). The van der Waals surface area contributed by atoms with Gasteiger partial charge in [0.15, 0.2) is 4.96 Å². The van der Waals surface area contributed by atoms with Crippen molar-refractivity contribution in [2.75, 3.05) is 7.05 Å². The van der Waals surface area contributed by atoms with Crippen LogP contribution in [0.2, 0.25) is 5.02 Å². The molecule has 1 aromatic carbocycles. The topological polar surface area (TPSA) is 63.5 Å². The molecule has 0 saturated heterocycles. The maximum atomic E-state index is 14.0. The SMILES string of the molecule is CNC(=O)c1c(C)sc2nc(Cc3cccc(Cl)c3F)cc(=O)n12. The highest BCUT2D eigenvalue weighted by Gasteiger charge is 2.18. The number of halogens is 2. The molecule has 1 amide bonds.